The lowest BCUT2D eigenvalue weighted by Gasteiger charge is -2.36. The van der Waals surface area contributed by atoms with Gasteiger partial charge in [-0.15, -0.1) is 0 Å². The molecule has 1 fully saturated rings. The third kappa shape index (κ3) is 7.52. The van der Waals surface area contributed by atoms with Crippen molar-refractivity contribution < 1.29 is 9.59 Å². The van der Waals surface area contributed by atoms with Crippen LogP contribution in [-0.2, 0) is 16.0 Å². The van der Waals surface area contributed by atoms with Gasteiger partial charge in [0.15, 0.2) is 5.96 Å². The number of guanidine groups is 1. The summed E-state index contributed by atoms with van der Waals surface area (Å²) in [4.78, 5) is 33.3. The van der Waals surface area contributed by atoms with Crippen molar-refractivity contribution in [2.24, 2.45) is 10.4 Å². The topological polar surface area (TPSA) is 77.0 Å². The van der Waals surface area contributed by atoms with Crippen LogP contribution in [0, 0.1) is 5.41 Å². The van der Waals surface area contributed by atoms with Crippen molar-refractivity contribution in [3.8, 4) is 0 Å². The first-order valence-electron chi connectivity index (χ1n) is 10.5. The average molecular weight is 436 g/mol. The quantitative estimate of drug-likeness (QED) is 0.408. The molecule has 0 aromatic heterocycles. The Balaban J connectivity index is 1.84. The van der Waals surface area contributed by atoms with E-state index in [-0.39, 0.29) is 11.8 Å². The second-order valence-corrected chi connectivity index (χ2v) is 8.85. The maximum Gasteiger partial charge on any atom is 0.227 e. The first-order valence-corrected chi connectivity index (χ1v) is 10.9. The second-order valence-electron chi connectivity index (χ2n) is 8.42. The third-order valence-electron chi connectivity index (χ3n) is 4.85. The lowest BCUT2D eigenvalue weighted by atomic mass is 9.96. The van der Waals surface area contributed by atoms with Crippen LogP contribution in [0.3, 0.4) is 0 Å². The Morgan fingerprint density at radius 1 is 1.10 bits per heavy atom. The molecule has 1 aliphatic rings. The zero-order valence-electron chi connectivity index (χ0n) is 18.5. The van der Waals surface area contributed by atoms with Crippen molar-refractivity contribution in [1.82, 2.24) is 20.4 Å². The van der Waals surface area contributed by atoms with Gasteiger partial charge in [0.25, 0.3) is 0 Å². The highest BCUT2D eigenvalue weighted by molar-refractivity contribution is 6.30. The number of amides is 2. The first-order chi connectivity index (χ1) is 14.2. The molecule has 30 heavy (non-hydrogen) atoms. The number of aliphatic imine (C=N–C) groups is 1. The minimum atomic E-state index is -0.401. The Morgan fingerprint density at radius 2 is 1.77 bits per heavy atom. The van der Waals surface area contributed by atoms with Crippen molar-refractivity contribution in [2.75, 3.05) is 45.8 Å². The molecule has 8 heteroatoms. The molecule has 0 unspecified atom stereocenters. The van der Waals surface area contributed by atoms with E-state index in [0.717, 1.165) is 31.2 Å². The highest BCUT2D eigenvalue weighted by Gasteiger charge is 2.23. The second kappa shape index (κ2) is 11.2. The maximum absolute atomic E-state index is 12.6. The minimum absolute atomic E-state index is 0.0227. The molecule has 0 atom stereocenters. The molecule has 1 aliphatic heterocycles. The molecule has 2 N–H and O–H groups in total. The number of halogens is 1. The van der Waals surface area contributed by atoms with Gasteiger partial charge in [-0.3, -0.25) is 14.6 Å². The van der Waals surface area contributed by atoms with Crippen LogP contribution in [0.2, 0.25) is 5.02 Å². The Kier molecular flexibility index (Phi) is 8.96. The Bertz CT molecular complexity index is 752. The van der Waals surface area contributed by atoms with Gasteiger partial charge in [0.05, 0.1) is 13.0 Å². The summed E-state index contributed by atoms with van der Waals surface area (Å²) in [5.41, 5.74) is 0.532. The molecule has 1 saturated heterocycles. The normalized spacial score (nSPS) is 15.2. The molecular formula is C22H34ClN5O2. The predicted octanol–water partition coefficient (Wildman–Crippen LogP) is 2.15. The van der Waals surface area contributed by atoms with Crippen molar-refractivity contribution in [2.45, 2.75) is 34.1 Å². The lowest BCUT2D eigenvalue weighted by Crippen LogP contribution is -2.54. The van der Waals surface area contributed by atoms with Crippen molar-refractivity contribution in [3.63, 3.8) is 0 Å². The number of carbonyl (C=O) groups excluding carboxylic acids is 2. The molecule has 0 spiro atoms. The number of hydrogen-bond acceptors (Lipinski definition) is 3. The van der Waals surface area contributed by atoms with E-state index in [1.165, 1.54) is 0 Å². The summed E-state index contributed by atoms with van der Waals surface area (Å²) in [6.45, 7) is 12.2. The number of nitrogens with zero attached hydrogens (tertiary/aromatic N) is 3. The Labute approximate surface area is 184 Å². The highest BCUT2D eigenvalue weighted by Crippen LogP contribution is 2.13. The van der Waals surface area contributed by atoms with E-state index in [4.69, 9.17) is 11.6 Å². The number of rotatable bonds is 6. The van der Waals surface area contributed by atoms with Crippen molar-refractivity contribution in [3.05, 3.63) is 34.9 Å². The third-order valence-corrected chi connectivity index (χ3v) is 5.09. The molecule has 0 aliphatic carbocycles. The average Bonchev–Trinajstić information content (AvgIpc) is 2.69. The van der Waals surface area contributed by atoms with Crippen LogP contribution in [0.1, 0.15) is 33.3 Å². The summed E-state index contributed by atoms with van der Waals surface area (Å²) >= 11 is 6.01. The van der Waals surface area contributed by atoms with Gasteiger partial charge < -0.3 is 20.4 Å². The van der Waals surface area contributed by atoms with Crippen LogP contribution in [-0.4, -0.2) is 73.4 Å². The molecule has 0 bridgehead atoms. The zero-order chi connectivity index (χ0) is 22.1. The van der Waals surface area contributed by atoms with Gasteiger partial charge in [-0.05, 0) is 24.6 Å². The molecular weight excluding hydrogens is 402 g/mol. The summed E-state index contributed by atoms with van der Waals surface area (Å²) in [6, 6.07) is 7.44. The van der Waals surface area contributed by atoms with Crippen LogP contribution in [0.4, 0.5) is 0 Å². The molecule has 1 aromatic rings. The predicted molar refractivity (Wildman–Crippen MR) is 122 cm³/mol. The lowest BCUT2D eigenvalue weighted by molar-refractivity contribution is -0.131. The summed E-state index contributed by atoms with van der Waals surface area (Å²) in [7, 11) is 0. The Hall–Kier alpha value is -2.28. The van der Waals surface area contributed by atoms with Gasteiger partial charge in [0.2, 0.25) is 11.8 Å². The number of benzene rings is 1. The SMILES string of the molecule is CCNC(=NCCNC(=O)C(C)(C)C)N1CCN(C(=O)Cc2cccc(Cl)c2)CC1. The number of carbonyl (C=O) groups is 2. The van der Waals surface area contributed by atoms with E-state index in [1.54, 1.807) is 0 Å². The standard InChI is InChI=1S/C22H34ClN5O2/c1-5-24-21(26-10-9-25-20(30)22(2,3)4)28-13-11-27(12-14-28)19(29)16-17-7-6-8-18(23)15-17/h6-8,15H,5,9-14,16H2,1-4H3,(H,24,26)(H,25,30). The molecule has 0 saturated carbocycles. The van der Waals surface area contributed by atoms with Gasteiger partial charge >= 0.3 is 0 Å². The molecule has 166 valence electrons. The zero-order valence-corrected chi connectivity index (χ0v) is 19.3. The fraction of sp³-hybridized carbons (Fsp3) is 0.591. The Morgan fingerprint density at radius 3 is 2.37 bits per heavy atom. The van der Waals surface area contributed by atoms with Crippen molar-refractivity contribution >= 4 is 29.4 Å². The molecule has 7 nitrogen and oxygen atoms in total. The van der Waals surface area contributed by atoms with Crippen molar-refractivity contribution in [1.29, 1.82) is 0 Å². The number of piperazine rings is 1. The van der Waals surface area contributed by atoms with Gasteiger partial charge in [-0.1, -0.05) is 44.5 Å². The van der Waals surface area contributed by atoms with E-state index in [0.29, 0.717) is 37.6 Å². The van der Waals surface area contributed by atoms with E-state index in [9.17, 15) is 9.59 Å². The van der Waals surface area contributed by atoms with Crippen LogP contribution in [0.25, 0.3) is 0 Å². The number of hydrogen-bond donors (Lipinski definition) is 2. The summed E-state index contributed by atoms with van der Waals surface area (Å²) in [5, 5.41) is 6.87. The van der Waals surface area contributed by atoms with E-state index < -0.39 is 5.41 Å². The fourth-order valence-corrected chi connectivity index (χ4v) is 3.34. The molecule has 1 heterocycles. The van der Waals surface area contributed by atoms with E-state index >= 15 is 0 Å². The monoisotopic (exact) mass is 435 g/mol. The molecule has 2 rings (SSSR count). The van der Waals surface area contributed by atoms with Gasteiger partial charge in [0.1, 0.15) is 0 Å². The smallest absolute Gasteiger partial charge is 0.227 e. The molecule has 0 radical (unpaired) electrons. The van der Waals surface area contributed by atoms with Crippen LogP contribution >= 0.6 is 11.6 Å². The minimum Gasteiger partial charge on any atom is -0.357 e. The molecule has 2 amide bonds. The largest absolute Gasteiger partial charge is 0.357 e. The molecule has 1 aromatic carbocycles. The van der Waals surface area contributed by atoms with E-state index in [2.05, 4.69) is 20.5 Å². The van der Waals surface area contributed by atoms with Crippen LogP contribution in [0.5, 0.6) is 0 Å². The number of nitrogens with one attached hydrogen (secondary N) is 2. The fourth-order valence-electron chi connectivity index (χ4n) is 3.12. The first kappa shape index (κ1) is 24.0. The van der Waals surface area contributed by atoms with Gasteiger partial charge in [-0.2, -0.15) is 0 Å². The van der Waals surface area contributed by atoms with Gasteiger partial charge in [-0.25, -0.2) is 0 Å². The summed E-state index contributed by atoms with van der Waals surface area (Å²) in [5.74, 6) is 0.961. The van der Waals surface area contributed by atoms with E-state index in [1.807, 2.05) is 56.9 Å². The summed E-state index contributed by atoms with van der Waals surface area (Å²) in [6.07, 6.45) is 0.363. The summed E-state index contributed by atoms with van der Waals surface area (Å²) < 4.78 is 0. The van der Waals surface area contributed by atoms with Crippen LogP contribution < -0.4 is 10.6 Å². The van der Waals surface area contributed by atoms with Crippen LogP contribution in [0.15, 0.2) is 29.3 Å². The van der Waals surface area contributed by atoms with Gasteiger partial charge in [0, 0.05) is 49.7 Å². The maximum atomic E-state index is 12.6. The highest BCUT2D eigenvalue weighted by atomic mass is 35.5.